The Balaban J connectivity index is 2.47. The summed E-state index contributed by atoms with van der Waals surface area (Å²) in [7, 11) is 3.37. The SMILES string of the molecule is CNCC(=O)c1cc2cccc(OC)c2[nH]1. The molecule has 0 amide bonds. The van der Waals surface area contributed by atoms with Crippen molar-refractivity contribution in [2.24, 2.45) is 0 Å². The van der Waals surface area contributed by atoms with E-state index in [4.69, 9.17) is 4.74 Å². The van der Waals surface area contributed by atoms with Gasteiger partial charge in [-0.2, -0.15) is 0 Å². The van der Waals surface area contributed by atoms with E-state index >= 15 is 0 Å². The van der Waals surface area contributed by atoms with Crippen LogP contribution in [0.25, 0.3) is 10.9 Å². The summed E-state index contributed by atoms with van der Waals surface area (Å²) >= 11 is 0. The number of aromatic amines is 1. The van der Waals surface area contributed by atoms with Gasteiger partial charge in [-0.25, -0.2) is 0 Å². The molecule has 0 fully saturated rings. The maximum Gasteiger partial charge on any atom is 0.192 e. The first-order chi connectivity index (χ1) is 7.76. The zero-order chi connectivity index (χ0) is 11.5. The summed E-state index contributed by atoms with van der Waals surface area (Å²) in [5.74, 6) is 0.793. The Kier molecular flexibility index (Phi) is 2.92. The summed E-state index contributed by atoms with van der Waals surface area (Å²) in [5, 5.41) is 3.82. The molecule has 2 rings (SSSR count). The molecule has 0 spiro atoms. The fourth-order valence-corrected chi connectivity index (χ4v) is 1.70. The van der Waals surface area contributed by atoms with Gasteiger partial charge in [-0.1, -0.05) is 12.1 Å². The van der Waals surface area contributed by atoms with Gasteiger partial charge >= 0.3 is 0 Å². The van der Waals surface area contributed by atoms with Crippen LogP contribution in [0.3, 0.4) is 0 Å². The Morgan fingerprint density at radius 2 is 2.31 bits per heavy atom. The highest BCUT2D eigenvalue weighted by Gasteiger charge is 2.10. The van der Waals surface area contributed by atoms with Crippen molar-refractivity contribution in [3.05, 3.63) is 30.0 Å². The maximum atomic E-state index is 11.7. The summed E-state index contributed by atoms with van der Waals surface area (Å²) in [6.45, 7) is 0.329. The van der Waals surface area contributed by atoms with E-state index in [1.807, 2.05) is 24.3 Å². The summed E-state index contributed by atoms with van der Waals surface area (Å²) in [5.41, 5.74) is 1.47. The molecule has 0 bridgehead atoms. The van der Waals surface area contributed by atoms with Crippen molar-refractivity contribution in [2.45, 2.75) is 0 Å². The second kappa shape index (κ2) is 4.37. The third kappa shape index (κ3) is 1.79. The lowest BCUT2D eigenvalue weighted by atomic mass is 10.2. The molecule has 0 atom stereocenters. The molecule has 2 N–H and O–H groups in total. The van der Waals surface area contributed by atoms with Crippen LogP contribution in [-0.2, 0) is 0 Å². The van der Waals surface area contributed by atoms with Gasteiger partial charge in [0.05, 0.1) is 24.9 Å². The number of ether oxygens (including phenoxy) is 1. The average molecular weight is 218 g/mol. The van der Waals surface area contributed by atoms with E-state index in [1.165, 1.54) is 0 Å². The Labute approximate surface area is 93.6 Å². The van der Waals surface area contributed by atoms with Gasteiger partial charge in [0.15, 0.2) is 5.78 Å². The van der Waals surface area contributed by atoms with Crippen molar-refractivity contribution in [3.8, 4) is 5.75 Å². The Morgan fingerprint density at radius 1 is 1.50 bits per heavy atom. The van der Waals surface area contributed by atoms with Crippen molar-refractivity contribution in [1.29, 1.82) is 0 Å². The largest absolute Gasteiger partial charge is 0.495 e. The van der Waals surface area contributed by atoms with Crippen LogP contribution in [0, 0.1) is 0 Å². The van der Waals surface area contributed by atoms with Crippen LogP contribution in [0.4, 0.5) is 0 Å². The number of Topliss-reactive ketones (excluding diaryl/α,β-unsaturated/α-hetero) is 1. The molecule has 2 aromatic rings. The molecule has 0 aliphatic rings. The van der Waals surface area contributed by atoms with Gasteiger partial charge in [0.25, 0.3) is 0 Å². The number of aromatic nitrogens is 1. The third-order valence-electron chi connectivity index (χ3n) is 2.48. The second-order valence-electron chi connectivity index (χ2n) is 3.56. The number of benzene rings is 1. The zero-order valence-corrected chi connectivity index (χ0v) is 9.33. The topological polar surface area (TPSA) is 54.1 Å². The standard InChI is InChI=1S/C12H14N2O2/c1-13-7-10(15)9-6-8-4-3-5-11(16-2)12(8)14-9/h3-6,13-14H,7H2,1-2H3. The number of hydrogen-bond acceptors (Lipinski definition) is 3. The van der Waals surface area contributed by atoms with Crippen LogP contribution >= 0.6 is 0 Å². The van der Waals surface area contributed by atoms with E-state index in [9.17, 15) is 4.79 Å². The Bertz CT molecular complexity index is 517. The van der Waals surface area contributed by atoms with Crippen molar-refractivity contribution in [2.75, 3.05) is 20.7 Å². The van der Waals surface area contributed by atoms with E-state index in [0.29, 0.717) is 12.2 Å². The first-order valence-corrected chi connectivity index (χ1v) is 5.09. The second-order valence-corrected chi connectivity index (χ2v) is 3.56. The molecule has 0 unspecified atom stereocenters. The Hall–Kier alpha value is -1.81. The Morgan fingerprint density at radius 3 is 3.00 bits per heavy atom. The number of fused-ring (bicyclic) bond motifs is 1. The fourth-order valence-electron chi connectivity index (χ4n) is 1.70. The van der Waals surface area contributed by atoms with Gasteiger partial charge in [0.2, 0.25) is 0 Å². The van der Waals surface area contributed by atoms with Crippen molar-refractivity contribution >= 4 is 16.7 Å². The molecule has 1 aromatic heterocycles. The van der Waals surface area contributed by atoms with Gasteiger partial charge in [-0.3, -0.25) is 4.79 Å². The van der Waals surface area contributed by atoms with Crippen LogP contribution in [0.5, 0.6) is 5.75 Å². The summed E-state index contributed by atoms with van der Waals surface area (Å²) in [4.78, 5) is 14.8. The number of para-hydroxylation sites is 1. The molecule has 4 nitrogen and oxygen atoms in total. The molecule has 16 heavy (non-hydrogen) atoms. The first kappa shape index (κ1) is 10.7. The van der Waals surface area contributed by atoms with Gasteiger partial charge < -0.3 is 15.0 Å². The van der Waals surface area contributed by atoms with Crippen LogP contribution < -0.4 is 10.1 Å². The summed E-state index contributed by atoms with van der Waals surface area (Å²) in [6.07, 6.45) is 0. The number of hydrogen-bond donors (Lipinski definition) is 2. The van der Waals surface area contributed by atoms with Crippen LogP contribution in [0.2, 0.25) is 0 Å². The highest BCUT2D eigenvalue weighted by molar-refractivity contribution is 6.01. The smallest absolute Gasteiger partial charge is 0.192 e. The van der Waals surface area contributed by atoms with E-state index in [2.05, 4.69) is 10.3 Å². The fraction of sp³-hybridized carbons (Fsp3) is 0.250. The minimum atomic E-state index is 0.0424. The number of nitrogens with one attached hydrogen (secondary N) is 2. The quantitative estimate of drug-likeness (QED) is 0.766. The maximum absolute atomic E-state index is 11.7. The zero-order valence-electron chi connectivity index (χ0n) is 9.33. The molecule has 0 aliphatic carbocycles. The molecular weight excluding hydrogens is 204 g/mol. The minimum absolute atomic E-state index is 0.0424. The van der Waals surface area contributed by atoms with E-state index in [1.54, 1.807) is 14.2 Å². The minimum Gasteiger partial charge on any atom is -0.495 e. The molecule has 1 heterocycles. The lowest BCUT2D eigenvalue weighted by Crippen LogP contribution is -2.18. The number of carbonyl (C=O) groups is 1. The monoisotopic (exact) mass is 218 g/mol. The van der Waals surface area contributed by atoms with Gasteiger partial charge in [0.1, 0.15) is 5.75 Å². The lowest BCUT2D eigenvalue weighted by molar-refractivity contribution is 0.0989. The number of methoxy groups -OCH3 is 1. The lowest BCUT2D eigenvalue weighted by Gasteiger charge is -2.00. The molecular formula is C12H14N2O2. The first-order valence-electron chi connectivity index (χ1n) is 5.09. The molecule has 0 saturated carbocycles. The van der Waals surface area contributed by atoms with Gasteiger partial charge in [0, 0.05) is 5.39 Å². The molecule has 0 radical (unpaired) electrons. The van der Waals surface area contributed by atoms with E-state index < -0.39 is 0 Å². The third-order valence-corrected chi connectivity index (χ3v) is 2.48. The number of carbonyl (C=O) groups excluding carboxylic acids is 1. The van der Waals surface area contributed by atoms with Crippen LogP contribution in [-0.4, -0.2) is 31.5 Å². The molecule has 0 saturated heterocycles. The van der Waals surface area contributed by atoms with Gasteiger partial charge in [-0.15, -0.1) is 0 Å². The van der Waals surface area contributed by atoms with E-state index in [-0.39, 0.29) is 5.78 Å². The predicted molar refractivity (Wildman–Crippen MR) is 63.1 cm³/mol. The molecule has 0 aliphatic heterocycles. The van der Waals surface area contributed by atoms with Crippen LogP contribution in [0.1, 0.15) is 10.5 Å². The number of likely N-dealkylation sites (N-methyl/N-ethyl adjacent to an activating group) is 1. The molecule has 1 aromatic carbocycles. The average Bonchev–Trinajstić information content (AvgIpc) is 2.72. The number of H-pyrrole nitrogens is 1. The number of rotatable bonds is 4. The van der Waals surface area contributed by atoms with Crippen molar-refractivity contribution in [1.82, 2.24) is 10.3 Å². The number of ketones is 1. The summed E-state index contributed by atoms with van der Waals surface area (Å²) < 4.78 is 5.22. The van der Waals surface area contributed by atoms with Gasteiger partial charge in [-0.05, 0) is 19.2 Å². The van der Waals surface area contributed by atoms with Crippen LogP contribution in [0.15, 0.2) is 24.3 Å². The highest BCUT2D eigenvalue weighted by Crippen LogP contribution is 2.25. The molecule has 84 valence electrons. The molecule has 4 heteroatoms. The predicted octanol–water partition coefficient (Wildman–Crippen LogP) is 1.58. The van der Waals surface area contributed by atoms with E-state index in [0.717, 1.165) is 16.7 Å². The normalized spacial score (nSPS) is 10.6. The summed E-state index contributed by atoms with van der Waals surface area (Å²) in [6, 6.07) is 7.56. The van der Waals surface area contributed by atoms with Crippen molar-refractivity contribution in [3.63, 3.8) is 0 Å². The van der Waals surface area contributed by atoms with Crippen molar-refractivity contribution < 1.29 is 9.53 Å². The highest BCUT2D eigenvalue weighted by atomic mass is 16.5.